The van der Waals surface area contributed by atoms with Crippen LogP contribution in [0, 0.1) is 6.92 Å². The first-order chi connectivity index (χ1) is 12.1. The van der Waals surface area contributed by atoms with Crippen molar-refractivity contribution in [3.8, 4) is 0 Å². The van der Waals surface area contributed by atoms with Crippen LogP contribution >= 0.6 is 23.1 Å². The molecule has 1 amide bonds. The minimum absolute atomic E-state index is 0.0603. The second kappa shape index (κ2) is 7.75. The summed E-state index contributed by atoms with van der Waals surface area (Å²) in [4.78, 5) is 28.3. The summed E-state index contributed by atoms with van der Waals surface area (Å²) in [6.45, 7) is 3.87. The number of carbonyl (C=O) groups is 1. The number of pyridine rings is 1. The number of nitrogens with zero attached hydrogens (tertiary/aromatic N) is 4. The van der Waals surface area contributed by atoms with Crippen LogP contribution < -0.4 is 10.9 Å². The van der Waals surface area contributed by atoms with Crippen LogP contribution in [0.4, 0.5) is 5.13 Å². The van der Waals surface area contributed by atoms with E-state index < -0.39 is 0 Å². The second-order valence-electron chi connectivity index (χ2n) is 5.43. The number of nitrogens with one attached hydrogen (secondary N) is 1. The zero-order valence-electron chi connectivity index (χ0n) is 13.9. The maximum Gasteiger partial charge on any atom is 0.258 e. The first-order valence-electron chi connectivity index (χ1n) is 7.81. The van der Waals surface area contributed by atoms with Crippen LogP contribution in [0.1, 0.15) is 31.0 Å². The van der Waals surface area contributed by atoms with E-state index in [-0.39, 0.29) is 11.5 Å². The van der Waals surface area contributed by atoms with Gasteiger partial charge in [-0.05, 0) is 25.0 Å². The van der Waals surface area contributed by atoms with E-state index >= 15 is 0 Å². The number of aryl methyl sites for hydroxylation is 1. The third-order valence-corrected chi connectivity index (χ3v) is 5.42. The van der Waals surface area contributed by atoms with Crippen molar-refractivity contribution in [1.82, 2.24) is 19.6 Å². The molecule has 1 N–H and O–H groups in total. The van der Waals surface area contributed by atoms with Gasteiger partial charge in [-0.15, -0.1) is 10.2 Å². The number of amides is 1. The Hall–Kier alpha value is -2.26. The fraction of sp³-hybridized carbons (Fsp3) is 0.312. The Kier molecular flexibility index (Phi) is 5.44. The number of carbonyl (C=O) groups excluding carboxylic acids is 1. The number of hydrogen-bond donors (Lipinski definition) is 1. The molecule has 0 spiro atoms. The monoisotopic (exact) mass is 375 g/mol. The predicted molar refractivity (Wildman–Crippen MR) is 99.2 cm³/mol. The highest BCUT2D eigenvalue weighted by atomic mass is 32.2. The Bertz CT molecular complexity index is 967. The summed E-state index contributed by atoms with van der Waals surface area (Å²) in [5.41, 5.74) is 2.20. The van der Waals surface area contributed by atoms with Crippen molar-refractivity contribution in [2.24, 2.45) is 0 Å². The summed E-state index contributed by atoms with van der Waals surface area (Å²) in [6, 6.07) is 5.29. The van der Waals surface area contributed by atoms with E-state index in [1.807, 2.05) is 26.0 Å². The molecule has 25 heavy (non-hydrogen) atoms. The third-order valence-electron chi connectivity index (χ3n) is 3.41. The average Bonchev–Trinajstić information content (AvgIpc) is 3.01. The second-order valence-corrected chi connectivity index (χ2v) is 7.63. The molecule has 0 aliphatic carbocycles. The lowest BCUT2D eigenvalue weighted by atomic mass is 10.3. The molecule has 130 valence electrons. The zero-order valence-corrected chi connectivity index (χ0v) is 15.5. The molecule has 3 heterocycles. The average molecular weight is 375 g/mol. The molecule has 3 aromatic rings. The van der Waals surface area contributed by atoms with Crippen molar-refractivity contribution < 1.29 is 4.79 Å². The van der Waals surface area contributed by atoms with Crippen molar-refractivity contribution in [1.29, 1.82) is 0 Å². The van der Waals surface area contributed by atoms with Gasteiger partial charge < -0.3 is 5.32 Å². The van der Waals surface area contributed by atoms with Crippen LogP contribution in [0.15, 0.2) is 33.5 Å². The van der Waals surface area contributed by atoms with E-state index in [1.54, 1.807) is 6.20 Å². The summed E-state index contributed by atoms with van der Waals surface area (Å²) in [5, 5.41) is 11.2. The molecule has 0 bridgehead atoms. The van der Waals surface area contributed by atoms with Crippen molar-refractivity contribution in [3.63, 3.8) is 0 Å². The summed E-state index contributed by atoms with van der Waals surface area (Å²) >= 11 is 2.76. The Balaban J connectivity index is 1.71. The lowest BCUT2D eigenvalue weighted by molar-refractivity contribution is -0.116. The van der Waals surface area contributed by atoms with Crippen molar-refractivity contribution in [3.05, 3.63) is 46.0 Å². The number of fused-ring (bicyclic) bond motifs is 1. The molecule has 3 rings (SSSR count). The number of thioether (sulfide) groups is 1. The number of rotatable bonds is 6. The summed E-state index contributed by atoms with van der Waals surface area (Å²) in [6.07, 6.45) is 2.96. The molecule has 0 fully saturated rings. The number of anilines is 1. The van der Waals surface area contributed by atoms with E-state index in [0.717, 1.165) is 16.3 Å². The molecule has 0 aliphatic rings. The van der Waals surface area contributed by atoms with Crippen LogP contribution in [0.3, 0.4) is 0 Å². The standard InChI is InChI=1S/C16H17N5O2S2/c1-3-5-12(22)18-15-19-20-16(25-15)24-9-11-8-13(23)21-7-4-6-10(2)14(21)17-11/h4,6-8H,3,5,9H2,1-2H3,(H,18,19,22). The molecule has 0 atom stereocenters. The fourth-order valence-electron chi connectivity index (χ4n) is 2.25. The van der Waals surface area contributed by atoms with Crippen LogP contribution in [-0.2, 0) is 10.5 Å². The van der Waals surface area contributed by atoms with E-state index in [2.05, 4.69) is 20.5 Å². The molecule has 0 saturated heterocycles. The highest BCUT2D eigenvalue weighted by Gasteiger charge is 2.10. The van der Waals surface area contributed by atoms with Crippen molar-refractivity contribution in [2.45, 2.75) is 36.8 Å². The van der Waals surface area contributed by atoms with Gasteiger partial charge in [0.05, 0.1) is 5.69 Å². The maximum atomic E-state index is 12.2. The molecule has 0 saturated carbocycles. The molecule has 3 aromatic heterocycles. The number of aromatic nitrogens is 4. The predicted octanol–water partition coefficient (Wildman–Crippen LogP) is 2.89. The topological polar surface area (TPSA) is 89.2 Å². The van der Waals surface area contributed by atoms with Crippen LogP contribution in [0.25, 0.3) is 5.65 Å². The van der Waals surface area contributed by atoms with Crippen LogP contribution in [-0.4, -0.2) is 25.5 Å². The fourth-order valence-corrected chi connectivity index (χ4v) is 3.91. The van der Waals surface area contributed by atoms with Gasteiger partial charge in [0.1, 0.15) is 5.65 Å². The van der Waals surface area contributed by atoms with Crippen molar-refractivity contribution in [2.75, 3.05) is 5.32 Å². The molecular weight excluding hydrogens is 358 g/mol. The third kappa shape index (κ3) is 4.23. The minimum atomic E-state index is -0.103. The maximum absolute atomic E-state index is 12.2. The SMILES string of the molecule is CCCC(=O)Nc1nnc(SCc2cc(=O)n3cccc(C)c3n2)s1. The quantitative estimate of drug-likeness (QED) is 0.526. The van der Waals surface area contributed by atoms with Gasteiger partial charge in [-0.2, -0.15) is 0 Å². The minimum Gasteiger partial charge on any atom is -0.301 e. The zero-order chi connectivity index (χ0) is 17.8. The highest BCUT2D eigenvalue weighted by Crippen LogP contribution is 2.27. The lowest BCUT2D eigenvalue weighted by Crippen LogP contribution is -2.15. The first kappa shape index (κ1) is 17.6. The highest BCUT2D eigenvalue weighted by molar-refractivity contribution is 8.00. The Morgan fingerprint density at radius 2 is 2.24 bits per heavy atom. The Labute approximate surface area is 152 Å². The van der Waals surface area contributed by atoms with Gasteiger partial charge in [-0.3, -0.25) is 14.0 Å². The first-order valence-corrected chi connectivity index (χ1v) is 9.61. The van der Waals surface area contributed by atoms with Gasteiger partial charge in [-0.1, -0.05) is 36.1 Å². The molecule has 0 radical (unpaired) electrons. The van der Waals surface area contributed by atoms with Gasteiger partial charge >= 0.3 is 0 Å². The molecule has 9 heteroatoms. The van der Waals surface area contributed by atoms with E-state index in [9.17, 15) is 9.59 Å². The van der Waals surface area contributed by atoms with Crippen LogP contribution in [0.2, 0.25) is 0 Å². The van der Waals surface area contributed by atoms with Gasteiger partial charge in [0.2, 0.25) is 11.0 Å². The smallest absolute Gasteiger partial charge is 0.258 e. The lowest BCUT2D eigenvalue weighted by Gasteiger charge is -2.05. The summed E-state index contributed by atoms with van der Waals surface area (Å²) < 4.78 is 2.26. The van der Waals surface area contributed by atoms with Gasteiger partial charge in [-0.25, -0.2) is 4.98 Å². The van der Waals surface area contributed by atoms with E-state index in [0.29, 0.717) is 28.6 Å². The Morgan fingerprint density at radius 1 is 1.40 bits per heavy atom. The molecule has 0 aromatic carbocycles. The summed E-state index contributed by atoms with van der Waals surface area (Å²) in [5.74, 6) is 0.451. The molecule has 7 nitrogen and oxygen atoms in total. The molecule has 0 aliphatic heterocycles. The van der Waals surface area contributed by atoms with Crippen LogP contribution in [0.5, 0.6) is 0 Å². The van der Waals surface area contributed by atoms with Gasteiger partial charge in [0.15, 0.2) is 4.34 Å². The largest absolute Gasteiger partial charge is 0.301 e. The number of hydrogen-bond acceptors (Lipinski definition) is 7. The van der Waals surface area contributed by atoms with Crippen molar-refractivity contribution >= 4 is 39.8 Å². The van der Waals surface area contributed by atoms with E-state index in [1.165, 1.54) is 33.6 Å². The van der Waals surface area contributed by atoms with Gasteiger partial charge in [0, 0.05) is 24.4 Å². The molecular formula is C16H17N5O2S2. The summed E-state index contributed by atoms with van der Waals surface area (Å²) in [7, 11) is 0. The van der Waals surface area contributed by atoms with Gasteiger partial charge in [0.25, 0.3) is 5.56 Å². The molecule has 0 unspecified atom stereocenters. The van der Waals surface area contributed by atoms with E-state index in [4.69, 9.17) is 0 Å². The normalized spacial score (nSPS) is 11.0. The Morgan fingerprint density at radius 3 is 3.04 bits per heavy atom.